The van der Waals surface area contributed by atoms with Crippen molar-refractivity contribution < 1.29 is 5.11 Å². The number of unbranched alkanes of at least 4 members (excludes halogenated alkanes) is 1. The summed E-state index contributed by atoms with van der Waals surface area (Å²) < 4.78 is 2.03. The molecule has 0 bridgehead atoms. The zero-order valence-corrected chi connectivity index (χ0v) is 12.0. The number of thiazole rings is 1. The van der Waals surface area contributed by atoms with Crippen LogP contribution in [0.4, 0.5) is 0 Å². The third kappa shape index (κ3) is 3.12. The number of nitrogens with zero attached hydrogens (tertiary/aromatic N) is 2. The second-order valence-electron chi connectivity index (χ2n) is 4.91. The van der Waals surface area contributed by atoms with Crippen molar-refractivity contribution in [2.45, 2.75) is 52.1 Å². The molecule has 4 heteroatoms. The third-order valence-corrected chi connectivity index (χ3v) is 4.33. The summed E-state index contributed by atoms with van der Waals surface area (Å²) in [6, 6.07) is 0. The van der Waals surface area contributed by atoms with Crippen LogP contribution >= 0.6 is 11.3 Å². The maximum atomic E-state index is 10.3. The lowest BCUT2D eigenvalue weighted by atomic mass is 9.91. The van der Waals surface area contributed by atoms with Crippen LogP contribution in [0.2, 0.25) is 0 Å². The molecular weight excluding hydrogens is 244 g/mol. The molecule has 2 aromatic rings. The van der Waals surface area contributed by atoms with Gasteiger partial charge in [-0.15, -0.1) is 11.3 Å². The first-order valence-corrected chi connectivity index (χ1v) is 7.71. The van der Waals surface area contributed by atoms with E-state index in [1.807, 2.05) is 22.2 Å². The molecule has 0 saturated heterocycles. The Morgan fingerprint density at radius 1 is 1.44 bits per heavy atom. The Labute approximate surface area is 112 Å². The molecule has 0 saturated carbocycles. The highest BCUT2D eigenvalue weighted by Crippen LogP contribution is 2.21. The quantitative estimate of drug-likeness (QED) is 0.832. The van der Waals surface area contributed by atoms with Crippen molar-refractivity contribution in [3.05, 3.63) is 23.5 Å². The molecule has 2 heterocycles. The van der Waals surface area contributed by atoms with Gasteiger partial charge in [-0.25, -0.2) is 4.98 Å². The Kier molecular flexibility index (Phi) is 4.78. The summed E-state index contributed by atoms with van der Waals surface area (Å²) in [4.78, 5) is 5.54. The van der Waals surface area contributed by atoms with Crippen LogP contribution in [0.25, 0.3) is 4.96 Å². The first-order chi connectivity index (χ1) is 8.74. The second-order valence-corrected chi connectivity index (χ2v) is 5.78. The summed E-state index contributed by atoms with van der Waals surface area (Å²) in [6.45, 7) is 4.36. The van der Waals surface area contributed by atoms with E-state index >= 15 is 0 Å². The summed E-state index contributed by atoms with van der Waals surface area (Å²) in [5.74, 6) is 0.407. The van der Waals surface area contributed by atoms with Crippen molar-refractivity contribution in [2.75, 3.05) is 0 Å². The molecule has 2 unspecified atom stereocenters. The average Bonchev–Trinajstić information content (AvgIpc) is 2.90. The van der Waals surface area contributed by atoms with Gasteiger partial charge in [0.15, 0.2) is 4.96 Å². The maximum absolute atomic E-state index is 10.3. The van der Waals surface area contributed by atoms with Crippen LogP contribution in [0.5, 0.6) is 0 Å². The van der Waals surface area contributed by atoms with Gasteiger partial charge in [0, 0.05) is 24.2 Å². The van der Waals surface area contributed by atoms with Gasteiger partial charge in [0.1, 0.15) is 0 Å². The molecule has 2 aromatic heterocycles. The smallest absolute Gasteiger partial charge is 0.193 e. The number of aliphatic hydroxyl groups excluding tert-OH is 1. The van der Waals surface area contributed by atoms with Crippen LogP contribution in [0.3, 0.4) is 0 Å². The molecular formula is C14H22N2OS. The number of hydrogen-bond acceptors (Lipinski definition) is 3. The topological polar surface area (TPSA) is 37.5 Å². The van der Waals surface area contributed by atoms with Gasteiger partial charge in [0.05, 0.1) is 11.8 Å². The molecule has 0 fully saturated rings. The van der Waals surface area contributed by atoms with E-state index in [2.05, 4.69) is 18.8 Å². The maximum Gasteiger partial charge on any atom is 0.193 e. The van der Waals surface area contributed by atoms with Gasteiger partial charge in [-0.05, 0) is 12.3 Å². The molecule has 0 amide bonds. The van der Waals surface area contributed by atoms with E-state index < -0.39 is 0 Å². The molecule has 2 atom stereocenters. The predicted molar refractivity (Wildman–Crippen MR) is 76.1 cm³/mol. The molecule has 0 spiro atoms. The lowest BCUT2D eigenvalue weighted by Gasteiger charge is -2.20. The molecule has 0 aliphatic carbocycles. The van der Waals surface area contributed by atoms with Gasteiger partial charge in [-0.2, -0.15) is 0 Å². The molecule has 0 aliphatic rings. The van der Waals surface area contributed by atoms with Gasteiger partial charge >= 0.3 is 0 Å². The van der Waals surface area contributed by atoms with E-state index in [1.165, 1.54) is 12.8 Å². The highest BCUT2D eigenvalue weighted by molar-refractivity contribution is 7.15. The van der Waals surface area contributed by atoms with E-state index in [0.29, 0.717) is 12.3 Å². The number of fused-ring (bicyclic) bond motifs is 1. The van der Waals surface area contributed by atoms with Crippen LogP contribution in [0, 0.1) is 5.92 Å². The molecule has 3 nitrogen and oxygen atoms in total. The van der Waals surface area contributed by atoms with Crippen molar-refractivity contribution in [1.82, 2.24) is 9.38 Å². The summed E-state index contributed by atoms with van der Waals surface area (Å²) in [5, 5.41) is 12.3. The zero-order chi connectivity index (χ0) is 13.0. The highest BCUT2D eigenvalue weighted by Gasteiger charge is 2.18. The number of rotatable bonds is 7. The Morgan fingerprint density at radius 3 is 2.94 bits per heavy atom. The lowest BCUT2D eigenvalue weighted by molar-refractivity contribution is 0.0979. The standard InChI is InChI=1S/C14H22N2OS/c1-3-5-6-11(4-2)13(17)9-12-10-16-7-8-18-14(16)15-12/h7-8,10-11,13,17H,3-6,9H2,1-2H3. The number of imidazole rings is 1. The summed E-state index contributed by atoms with van der Waals surface area (Å²) in [6.07, 6.45) is 9.03. The average molecular weight is 266 g/mol. The Morgan fingerprint density at radius 2 is 2.28 bits per heavy atom. The largest absolute Gasteiger partial charge is 0.392 e. The second kappa shape index (κ2) is 6.34. The highest BCUT2D eigenvalue weighted by atomic mass is 32.1. The van der Waals surface area contributed by atoms with E-state index in [0.717, 1.165) is 23.5 Å². The van der Waals surface area contributed by atoms with Crippen molar-refractivity contribution >= 4 is 16.3 Å². The van der Waals surface area contributed by atoms with Crippen LogP contribution < -0.4 is 0 Å². The first-order valence-electron chi connectivity index (χ1n) is 6.83. The molecule has 0 aromatic carbocycles. The molecule has 2 rings (SSSR count). The normalized spacial score (nSPS) is 15.1. The van der Waals surface area contributed by atoms with Crippen molar-refractivity contribution in [3.8, 4) is 0 Å². The van der Waals surface area contributed by atoms with Gasteiger partial charge in [0.2, 0.25) is 0 Å². The Balaban J connectivity index is 1.96. The van der Waals surface area contributed by atoms with Crippen LogP contribution in [-0.4, -0.2) is 20.6 Å². The summed E-state index contributed by atoms with van der Waals surface area (Å²) >= 11 is 1.63. The lowest BCUT2D eigenvalue weighted by Crippen LogP contribution is -2.22. The van der Waals surface area contributed by atoms with Crippen LogP contribution in [0.15, 0.2) is 17.8 Å². The molecule has 0 radical (unpaired) electrons. The fourth-order valence-electron chi connectivity index (χ4n) is 2.39. The van der Waals surface area contributed by atoms with Crippen LogP contribution in [0.1, 0.15) is 45.2 Å². The minimum atomic E-state index is -0.258. The first kappa shape index (κ1) is 13.6. The number of aromatic nitrogens is 2. The molecule has 18 heavy (non-hydrogen) atoms. The number of aliphatic hydroxyl groups is 1. The van der Waals surface area contributed by atoms with E-state index in [1.54, 1.807) is 11.3 Å². The van der Waals surface area contributed by atoms with E-state index in [-0.39, 0.29) is 6.10 Å². The van der Waals surface area contributed by atoms with Gasteiger partial charge < -0.3 is 5.11 Å². The monoisotopic (exact) mass is 266 g/mol. The van der Waals surface area contributed by atoms with E-state index in [9.17, 15) is 5.11 Å². The minimum Gasteiger partial charge on any atom is -0.392 e. The Hall–Kier alpha value is -0.870. The zero-order valence-electron chi connectivity index (χ0n) is 11.2. The molecule has 1 N–H and O–H groups in total. The fourth-order valence-corrected chi connectivity index (χ4v) is 3.11. The molecule has 0 aliphatic heterocycles. The number of hydrogen-bond donors (Lipinski definition) is 1. The van der Waals surface area contributed by atoms with Crippen molar-refractivity contribution in [3.63, 3.8) is 0 Å². The summed E-state index contributed by atoms with van der Waals surface area (Å²) in [7, 11) is 0. The predicted octanol–water partition coefficient (Wildman–Crippen LogP) is 3.52. The summed E-state index contributed by atoms with van der Waals surface area (Å²) in [5.41, 5.74) is 1.00. The fraction of sp³-hybridized carbons (Fsp3) is 0.643. The molecule has 100 valence electrons. The van der Waals surface area contributed by atoms with Gasteiger partial charge in [-0.3, -0.25) is 4.40 Å². The SMILES string of the molecule is CCCCC(CC)C(O)Cc1cn2ccsc2n1. The van der Waals surface area contributed by atoms with E-state index in [4.69, 9.17) is 0 Å². The van der Waals surface area contributed by atoms with Crippen molar-refractivity contribution in [2.24, 2.45) is 5.92 Å². The minimum absolute atomic E-state index is 0.258. The van der Waals surface area contributed by atoms with Crippen LogP contribution in [-0.2, 0) is 6.42 Å². The van der Waals surface area contributed by atoms with Gasteiger partial charge in [0.25, 0.3) is 0 Å². The Bertz CT molecular complexity index is 448. The van der Waals surface area contributed by atoms with Gasteiger partial charge in [-0.1, -0.05) is 33.1 Å². The van der Waals surface area contributed by atoms with Crippen molar-refractivity contribution in [1.29, 1.82) is 0 Å². The third-order valence-electron chi connectivity index (χ3n) is 3.56.